The maximum atomic E-state index is 14.4. The number of hydrogen-bond acceptors (Lipinski definition) is 10. The predicted molar refractivity (Wildman–Crippen MR) is 248 cm³/mol. The highest BCUT2D eigenvalue weighted by molar-refractivity contribution is 7.18. The van der Waals surface area contributed by atoms with E-state index in [2.05, 4.69) is 39.6 Å². The molecule has 8 rings (SSSR count). The lowest BCUT2D eigenvalue weighted by Gasteiger charge is -2.46. The molecule has 6 amide bonds. The summed E-state index contributed by atoms with van der Waals surface area (Å²) in [6.07, 6.45) is 4.53. The summed E-state index contributed by atoms with van der Waals surface area (Å²) in [4.78, 5) is 92.6. The van der Waals surface area contributed by atoms with Gasteiger partial charge in [-0.2, -0.15) is 0 Å². The minimum absolute atomic E-state index is 0.0324. The van der Waals surface area contributed by atoms with Crippen molar-refractivity contribution in [1.82, 2.24) is 35.6 Å². The van der Waals surface area contributed by atoms with Crippen LogP contribution in [0.25, 0.3) is 0 Å². The van der Waals surface area contributed by atoms with Crippen molar-refractivity contribution in [3.05, 3.63) is 92.1 Å². The van der Waals surface area contributed by atoms with E-state index in [0.717, 1.165) is 68.8 Å². The second-order valence-electron chi connectivity index (χ2n) is 19.1. The molecule has 5 atom stereocenters. The number of primary amides is 1. The molecule has 2 aliphatic heterocycles. The highest BCUT2D eigenvalue weighted by Gasteiger charge is 2.65. The lowest BCUT2D eigenvalue weighted by atomic mass is 9.79. The molecule has 348 valence electrons. The summed E-state index contributed by atoms with van der Waals surface area (Å²) in [5, 5.41) is 9.29. The Balaban J connectivity index is 1.14. The summed E-state index contributed by atoms with van der Waals surface area (Å²) in [6.45, 7) is 7.79. The zero-order chi connectivity index (χ0) is 46.4. The molecule has 3 saturated carbocycles. The number of amides is 6. The van der Waals surface area contributed by atoms with E-state index in [9.17, 15) is 28.8 Å². The lowest BCUT2D eigenvalue weighted by Crippen LogP contribution is -2.69. The van der Waals surface area contributed by atoms with E-state index in [0.29, 0.717) is 28.3 Å². The van der Waals surface area contributed by atoms with Crippen LogP contribution in [0.1, 0.15) is 100 Å². The Kier molecular flexibility index (Phi) is 13.1. The molecule has 2 aromatic carbocycles. The predicted octanol–water partition coefficient (Wildman–Crippen LogP) is 4.59. The molecule has 65 heavy (non-hydrogen) atoms. The monoisotopic (exact) mass is 928 g/mol. The Bertz CT molecular complexity index is 2310. The van der Waals surface area contributed by atoms with E-state index in [-0.39, 0.29) is 47.0 Å². The number of halogens is 1. The van der Waals surface area contributed by atoms with E-state index in [1.54, 1.807) is 24.3 Å². The van der Waals surface area contributed by atoms with E-state index >= 15 is 0 Å². The van der Waals surface area contributed by atoms with Crippen LogP contribution in [0.4, 0.5) is 4.79 Å². The van der Waals surface area contributed by atoms with Crippen LogP contribution in [0.2, 0.25) is 4.34 Å². The molecule has 5 fully saturated rings. The van der Waals surface area contributed by atoms with Crippen molar-refractivity contribution in [2.45, 2.75) is 93.4 Å². The number of rotatable bonds is 17. The topological polar surface area (TPSA) is 187 Å². The van der Waals surface area contributed by atoms with Crippen LogP contribution in [-0.4, -0.2) is 139 Å². The molecule has 3 aromatic rings. The summed E-state index contributed by atoms with van der Waals surface area (Å²) < 4.78 is 5.71. The number of nitrogens with one attached hydrogen (secondary N) is 3. The fourth-order valence-electron chi connectivity index (χ4n) is 10.6. The minimum atomic E-state index is -1.85. The van der Waals surface area contributed by atoms with Gasteiger partial charge in [0.25, 0.3) is 17.7 Å². The quantitative estimate of drug-likeness (QED) is 0.150. The highest BCUT2D eigenvalue weighted by Crippen LogP contribution is 2.50. The number of likely N-dealkylation sites (tertiary alicyclic amines) is 2. The number of nitrogens with two attached hydrogens (primary N) is 1. The van der Waals surface area contributed by atoms with Crippen molar-refractivity contribution in [3.63, 3.8) is 0 Å². The average molecular weight is 930 g/mol. The highest BCUT2D eigenvalue weighted by atomic mass is 35.5. The smallest absolute Gasteiger partial charge is 0.411 e. The third kappa shape index (κ3) is 9.36. The fraction of sp³-hybridized carbons (Fsp3) is 0.542. The second kappa shape index (κ2) is 18.3. The minimum Gasteiger partial charge on any atom is -0.453 e. The Morgan fingerprint density at radius 1 is 0.800 bits per heavy atom. The summed E-state index contributed by atoms with van der Waals surface area (Å²) in [7, 11) is 5.28. The number of benzene rings is 2. The number of thiophene rings is 1. The molecule has 3 aliphatic carbocycles. The van der Waals surface area contributed by atoms with Crippen LogP contribution < -0.4 is 21.7 Å². The van der Waals surface area contributed by atoms with Gasteiger partial charge < -0.3 is 41.1 Å². The summed E-state index contributed by atoms with van der Waals surface area (Å²) in [5.74, 6) is -4.22. The Morgan fingerprint density at radius 3 is 1.85 bits per heavy atom. The van der Waals surface area contributed by atoms with Crippen LogP contribution >= 0.6 is 22.9 Å². The SMILES string of the molecule is CCN(CC)CC1(c2ccc(C(=O)NC3CN(C(=O)OC)C(NC(=O)c4ccc(Cl)s4)(C4C(NC(=O)c5ccc(C6(CN(C)C)CC6)cc5)CN(C(=O)C5CC5)C4C(N)=O)C3)cc2)CC1. The molecule has 0 bridgehead atoms. The molecule has 3 heterocycles. The largest absolute Gasteiger partial charge is 0.453 e. The zero-order valence-electron chi connectivity index (χ0n) is 37.9. The number of ether oxygens (including phenoxy) is 1. The van der Waals surface area contributed by atoms with Gasteiger partial charge in [-0.3, -0.25) is 28.9 Å². The van der Waals surface area contributed by atoms with Gasteiger partial charge in [0.2, 0.25) is 11.8 Å². The van der Waals surface area contributed by atoms with Gasteiger partial charge in [0.1, 0.15) is 11.7 Å². The molecule has 0 radical (unpaired) electrons. The van der Waals surface area contributed by atoms with Gasteiger partial charge in [0, 0.05) is 60.5 Å². The van der Waals surface area contributed by atoms with E-state index in [4.69, 9.17) is 22.1 Å². The number of nitrogens with zero attached hydrogens (tertiary/aromatic N) is 4. The van der Waals surface area contributed by atoms with Crippen LogP contribution in [0.5, 0.6) is 0 Å². The van der Waals surface area contributed by atoms with Gasteiger partial charge in [-0.1, -0.05) is 49.7 Å². The lowest BCUT2D eigenvalue weighted by molar-refractivity contribution is -0.140. The van der Waals surface area contributed by atoms with Crippen molar-refractivity contribution in [3.8, 4) is 0 Å². The van der Waals surface area contributed by atoms with E-state index in [1.807, 2.05) is 50.5 Å². The van der Waals surface area contributed by atoms with Crippen molar-refractivity contribution in [2.75, 3.05) is 60.5 Å². The Labute approximate surface area is 389 Å². The van der Waals surface area contributed by atoms with Gasteiger partial charge in [-0.25, -0.2) is 4.79 Å². The molecule has 5 N–H and O–H groups in total. The number of likely N-dealkylation sites (N-methyl/N-ethyl adjacent to an activating group) is 2. The molecule has 0 spiro atoms. The normalized spacial score (nSPS) is 25.0. The van der Waals surface area contributed by atoms with Crippen LogP contribution in [0, 0.1) is 11.8 Å². The molecule has 17 heteroatoms. The van der Waals surface area contributed by atoms with E-state index < -0.39 is 59.4 Å². The molecular weight excluding hydrogens is 868 g/mol. The second-order valence-corrected chi connectivity index (χ2v) is 20.8. The summed E-state index contributed by atoms with van der Waals surface area (Å²) >= 11 is 7.32. The summed E-state index contributed by atoms with van der Waals surface area (Å²) in [5.41, 5.74) is 7.59. The van der Waals surface area contributed by atoms with Crippen LogP contribution in [0.15, 0.2) is 60.7 Å². The molecule has 5 aliphatic rings. The molecular formula is C48H61ClN8O7S. The van der Waals surface area contributed by atoms with Gasteiger partial charge in [-0.05, 0) is 113 Å². The average Bonchev–Trinajstić information content (AvgIpc) is 4.26. The van der Waals surface area contributed by atoms with Gasteiger partial charge in [-0.15, -0.1) is 11.3 Å². The van der Waals surface area contributed by atoms with E-state index in [1.165, 1.54) is 22.5 Å². The van der Waals surface area contributed by atoms with Gasteiger partial charge >= 0.3 is 6.09 Å². The van der Waals surface area contributed by atoms with Crippen LogP contribution in [-0.2, 0) is 25.2 Å². The number of carbonyl (C=O) groups is 6. The first-order chi connectivity index (χ1) is 31.1. The maximum Gasteiger partial charge on any atom is 0.411 e. The van der Waals surface area contributed by atoms with Crippen molar-refractivity contribution >= 4 is 58.6 Å². The molecule has 2 saturated heterocycles. The molecule has 1 aromatic heterocycles. The van der Waals surface area contributed by atoms with Gasteiger partial charge in [0.05, 0.1) is 34.3 Å². The Morgan fingerprint density at radius 2 is 1.37 bits per heavy atom. The number of methoxy groups -OCH3 is 1. The fourth-order valence-corrected chi connectivity index (χ4v) is 11.6. The maximum absolute atomic E-state index is 14.4. The first kappa shape index (κ1) is 46.5. The molecule has 15 nitrogen and oxygen atoms in total. The first-order valence-corrected chi connectivity index (χ1v) is 24.0. The first-order valence-electron chi connectivity index (χ1n) is 22.8. The Hall–Kier alpha value is -5.03. The van der Waals surface area contributed by atoms with Gasteiger partial charge in [0.15, 0.2) is 0 Å². The molecule has 5 unspecified atom stereocenters. The summed E-state index contributed by atoms with van der Waals surface area (Å²) in [6, 6.07) is 15.0. The van der Waals surface area contributed by atoms with Crippen molar-refractivity contribution < 1.29 is 33.5 Å². The standard InChI is InChI=1S/C48H61ClN8O7S/c1-6-55(7-2)28-47(22-23-47)33-16-10-29(11-17-33)41(59)51-34-24-48(57(25-34)45(63)64-5,53-43(61)36-18-19-37(49)65-36)38-35(26-56(39(38)40(50)58)44(62)31-8-9-31)52-42(60)30-12-14-32(15-13-30)46(20-21-46)27-54(3)4/h10-19,31,34-35,38-39H,6-9,20-28H2,1-5H3,(H2,50,58)(H,51,59)(H,52,60)(H,53,61). The third-order valence-corrected chi connectivity index (χ3v) is 15.7. The third-order valence-electron chi connectivity index (χ3n) is 14.4. The van der Waals surface area contributed by atoms with Crippen molar-refractivity contribution in [1.29, 1.82) is 0 Å². The number of carbonyl (C=O) groups excluding carboxylic acids is 6. The van der Waals surface area contributed by atoms with Crippen LogP contribution in [0.3, 0.4) is 0 Å². The zero-order valence-corrected chi connectivity index (χ0v) is 39.4. The van der Waals surface area contributed by atoms with Crippen molar-refractivity contribution in [2.24, 2.45) is 17.6 Å². The number of hydrogen-bond donors (Lipinski definition) is 4.